The molecule has 2 rings (SSSR count). The summed E-state index contributed by atoms with van der Waals surface area (Å²) in [6.07, 6.45) is 0. The number of hydrogen-bond acceptors (Lipinski definition) is 4. The first-order valence-corrected chi connectivity index (χ1v) is 7.93. The number of carboxylic acid groups (broad SMARTS) is 1. The number of halogens is 1. The number of hydrogen-bond donors (Lipinski definition) is 1. The van der Waals surface area contributed by atoms with Crippen molar-refractivity contribution >= 4 is 39.6 Å². The van der Waals surface area contributed by atoms with Crippen LogP contribution in [0.3, 0.4) is 0 Å². The second-order valence-electron chi connectivity index (χ2n) is 4.44. The maximum Gasteiger partial charge on any atom is 0.327 e. The zero-order valence-corrected chi connectivity index (χ0v) is 13.2. The van der Waals surface area contributed by atoms with Crippen molar-refractivity contribution in [1.82, 2.24) is 4.90 Å². The fourth-order valence-corrected chi connectivity index (χ4v) is 3.62. The average Bonchev–Trinajstić information content (AvgIpc) is 2.86. The standard InChI is InChI=1S/C13H14BrNO4S/c1-8-2-3-11(9(14)4-8)19-5-12(16)15-7-20-6-10(15)13(17)18/h2-4,10H,5-7H2,1H3,(H,17,18)/t10-/m0/s1. The number of aryl methyl sites for hydroxylation is 1. The van der Waals surface area contributed by atoms with E-state index in [1.807, 2.05) is 19.1 Å². The van der Waals surface area contributed by atoms with E-state index in [0.717, 1.165) is 10.0 Å². The fourth-order valence-electron chi connectivity index (χ4n) is 1.84. The molecule has 1 aromatic rings. The predicted molar refractivity (Wildman–Crippen MR) is 80.0 cm³/mol. The number of carboxylic acids is 1. The summed E-state index contributed by atoms with van der Waals surface area (Å²) in [6, 6.07) is 4.81. The van der Waals surface area contributed by atoms with Gasteiger partial charge >= 0.3 is 5.97 Å². The highest BCUT2D eigenvalue weighted by Crippen LogP contribution is 2.26. The summed E-state index contributed by atoms with van der Waals surface area (Å²) < 4.78 is 6.23. The molecule has 0 spiro atoms. The van der Waals surface area contributed by atoms with Gasteiger partial charge in [0.2, 0.25) is 0 Å². The van der Waals surface area contributed by atoms with Crippen molar-refractivity contribution in [3.05, 3.63) is 28.2 Å². The molecule has 108 valence electrons. The first kappa shape index (κ1) is 15.2. The van der Waals surface area contributed by atoms with Crippen molar-refractivity contribution < 1.29 is 19.4 Å². The second kappa shape index (κ2) is 6.49. The molecule has 0 saturated carbocycles. The van der Waals surface area contributed by atoms with Gasteiger partial charge in [0.1, 0.15) is 11.8 Å². The van der Waals surface area contributed by atoms with Crippen LogP contribution in [0.1, 0.15) is 5.56 Å². The summed E-state index contributed by atoms with van der Waals surface area (Å²) in [7, 11) is 0. The molecule has 1 aromatic carbocycles. The second-order valence-corrected chi connectivity index (χ2v) is 6.29. The third-order valence-corrected chi connectivity index (χ3v) is 4.56. The minimum atomic E-state index is -0.972. The molecule has 1 aliphatic heterocycles. The van der Waals surface area contributed by atoms with Crippen molar-refractivity contribution in [1.29, 1.82) is 0 Å². The van der Waals surface area contributed by atoms with Gasteiger partial charge < -0.3 is 14.7 Å². The number of aliphatic carboxylic acids is 1. The molecule has 0 aromatic heterocycles. The lowest BCUT2D eigenvalue weighted by molar-refractivity contribution is -0.148. The van der Waals surface area contributed by atoms with Crippen molar-refractivity contribution in [2.24, 2.45) is 0 Å². The zero-order chi connectivity index (χ0) is 14.7. The van der Waals surface area contributed by atoms with Gasteiger partial charge in [-0.3, -0.25) is 4.79 Å². The molecule has 1 heterocycles. The molecule has 0 unspecified atom stereocenters. The Morgan fingerprint density at radius 2 is 2.30 bits per heavy atom. The summed E-state index contributed by atoms with van der Waals surface area (Å²) in [5, 5.41) is 9.04. The number of rotatable bonds is 4. The van der Waals surface area contributed by atoms with Crippen LogP contribution in [0.2, 0.25) is 0 Å². The Balaban J connectivity index is 1.96. The van der Waals surface area contributed by atoms with Crippen LogP contribution < -0.4 is 4.74 Å². The minimum Gasteiger partial charge on any atom is -0.483 e. The Hall–Kier alpha value is -1.21. The quantitative estimate of drug-likeness (QED) is 0.891. The maximum absolute atomic E-state index is 12.0. The summed E-state index contributed by atoms with van der Waals surface area (Å²) >= 11 is 4.80. The zero-order valence-electron chi connectivity index (χ0n) is 10.8. The van der Waals surface area contributed by atoms with Gasteiger partial charge in [-0.15, -0.1) is 11.8 Å². The predicted octanol–water partition coefficient (Wildman–Crippen LogP) is 2.12. The van der Waals surface area contributed by atoms with Crippen LogP contribution in [0, 0.1) is 6.92 Å². The lowest BCUT2D eigenvalue weighted by Gasteiger charge is -2.20. The molecule has 7 heteroatoms. The number of carbonyl (C=O) groups is 2. The number of benzene rings is 1. The lowest BCUT2D eigenvalue weighted by atomic mass is 10.2. The van der Waals surface area contributed by atoms with Crippen LogP contribution in [0.15, 0.2) is 22.7 Å². The van der Waals surface area contributed by atoms with Crippen molar-refractivity contribution in [3.8, 4) is 5.75 Å². The molecule has 1 atom stereocenters. The normalized spacial score (nSPS) is 18.1. The fraction of sp³-hybridized carbons (Fsp3) is 0.385. The highest BCUT2D eigenvalue weighted by atomic mass is 79.9. The van der Waals surface area contributed by atoms with Gasteiger partial charge in [-0.05, 0) is 40.5 Å². The van der Waals surface area contributed by atoms with E-state index in [-0.39, 0.29) is 12.5 Å². The SMILES string of the molecule is Cc1ccc(OCC(=O)N2CSC[C@H]2C(=O)O)c(Br)c1. The first-order valence-electron chi connectivity index (χ1n) is 5.98. The van der Waals surface area contributed by atoms with Crippen LogP contribution in [-0.2, 0) is 9.59 Å². The Morgan fingerprint density at radius 3 is 2.95 bits per heavy atom. The van der Waals surface area contributed by atoms with Gasteiger partial charge in [-0.1, -0.05) is 6.07 Å². The monoisotopic (exact) mass is 359 g/mol. The summed E-state index contributed by atoms with van der Waals surface area (Å²) in [6.45, 7) is 1.80. The van der Waals surface area contributed by atoms with Gasteiger partial charge in [0.05, 0.1) is 10.3 Å². The molecule has 1 amide bonds. The summed E-state index contributed by atoms with van der Waals surface area (Å²) in [5.41, 5.74) is 1.08. The molecule has 0 aliphatic carbocycles. The van der Waals surface area contributed by atoms with Gasteiger partial charge in [0, 0.05) is 5.75 Å². The highest BCUT2D eigenvalue weighted by Gasteiger charge is 2.34. The van der Waals surface area contributed by atoms with E-state index in [1.165, 1.54) is 16.7 Å². The van der Waals surface area contributed by atoms with Crippen LogP contribution in [0.4, 0.5) is 0 Å². The molecule has 1 N–H and O–H groups in total. The van der Waals surface area contributed by atoms with E-state index >= 15 is 0 Å². The number of amides is 1. The molecular formula is C13H14BrNO4S. The third kappa shape index (κ3) is 3.46. The largest absolute Gasteiger partial charge is 0.483 e. The van der Waals surface area contributed by atoms with Gasteiger partial charge in [0.15, 0.2) is 6.61 Å². The van der Waals surface area contributed by atoms with Gasteiger partial charge in [0.25, 0.3) is 5.91 Å². The Bertz CT molecular complexity index is 537. The van der Waals surface area contributed by atoms with Gasteiger partial charge in [-0.2, -0.15) is 0 Å². The van der Waals surface area contributed by atoms with Crippen LogP contribution in [-0.4, -0.2) is 46.2 Å². The molecule has 20 heavy (non-hydrogen) atoms. The number of thioether (sulfide) groups is 1. The molecule has 1 aliphatic rings. The minimum absolute atomic E-state index is 0.161. The Morgan fingerprint density at radius 1 is 1.55 bits per heavy atom. The molecule has 0 radical (unpaired) electrons. The summed E-state index contributed by atoms with van der Waals surface area (Å²) in [4.78, 5) is 24.4. The van der Waals surface area contributed by atoms with E-state index in [4.69, 9.17) is 9.84 Å². The van der Waals surface area contributed by atoms with Crippen LogP contribution in [0.5, 0.6) is 5.75 Å². The molecule has 1 saturated heterocycles. The van der Waals surface area contributed by atoms with E-state index < -0.39 is 12.0 Å². The highest BCUT2D eigenvalue weighted by molar-refractivity contribution is 9.10. The molecular weight excluding hydrogens is 346 g/mol. The molecule has 0 bridgehead atoms. The number of nitrogens with zero attached hydrogens (tertiary/aromatic N) is 1. The maximum atomic E-state index is 12.0. The first-order chi connectivity index (χ1) is 9.49. The summed E-state index contributed by atoms with van der Waals surface area (Å²) in [5.74, 6) is 0.112. The topological polar surface area (TPSA) is 66.8 Å². The van der Waals surface area contributed by atoms with Gasteiger partial charge in [-0.25, -0.2) is 4.79 Å². The molecule has 1 fully saturated rings. The smallest absolute Gasteiger partial charge is 0.327 e. The van der Waals surface area contributed by atoms with Crippen molar-refractivity contribution in [2.45, 2.75) is 13.0 Å². The van der Waals surface area contributed by atoms with E-state index in [0.29, 0.717) is 17.4 Å². The third-order valence-electron chi connectivity index (χ3n) is 2.93. The van der Waals surface area contributed by atoms with E-state index in [2.05, 4.69) is 15.9 Å². The van der Waals surface area contributed by atoms with Crippen molar-refractivity contribution in [2.75, 3.05) is 18.2 Å². The van der Waals surface area contributed by atoms with E-state index in [9.17, 15) is 9.59 Å². The van der Waals surface area contributed by atoms with Crippen LogP contribution >= 0.6 is 27.7 Å². The van der Waals surface area contributed by atoms with Crippen LogP contribution in [0.25, 0.3) is 0 Å². The Kier molecular flexibility index (Phi) is 4.93. The molecule has 5 nitrogen and oxygen atoms in total. The average molecular weight is 360 g/mol. The number of carbonyl (C=O) groups excluding carboxylic acids is 1. The lowest BCUT2D eigenvalue weighted by Crippen LogP contribution is -2.43. The van der Waals surface area contributed by atoms with E-state index in [1.54, 1.807) is 6.07 Å². The van der Waals surface area contributed by atoms with Crippen molar-refractivity contribution in [3.63, 3.8) is 0 Å². The number of ether oxygens (including phenoxy) is 1. The Labute approximate surface area is 129 Å².